The van der Waals surface area contributed by atoms with Crippen molar-refractivity contribution in [2.45, 2.75) is 26.5 Å². The third-order valence-corrected chi connectivity index (χ3v) is 2.84. The number of hydrogen-bond acceptors (Lipinski definition) is 3. The van der Waals surface area contributed by atoms with Crippen LogP contribution in [0.1, 0.15) is 19.4 Å². The lowest BCUT2D eigenvalue weighted by atomic mass is 10.2. The fraction of sp³-hybridized carbons (Fsp3) is 0.400. The van der Waals surface area contributed by atoms with Crippen LogP contribution in [0.2, 0.25) is 0 Å². The van der Waals surface area contributed by atoms with Crippen LogP contribution in [0.4, 0.5) is 0 Å². The van der Waals surface area contributed by atoms with Crippen molar-refractivity contribution in [1.29, 1.82) is 0 Å². The number of ether oxygens (including phenoxy) is 1. The maximum atomic E-state index is 11.8. The Labute approximate surface area is 109 Å². The van der Waals surface area contributed by atoms with Crippen LogP contribution in [0, 0.1) is 0 Å². The molecule has 0 saturated carbocycles. The fourth-order valence-electron chi connectivity index (χ4n) is 1.42. The summed E-state index contributed by atoms with van der Waals surface area (Å²) in [6.07, 6.45) is 1.91. The molecule has 3 heteroatoms. The second-order valence-corrected chi connectivity index (χ2v) is 4.62. The van der Waals surface area contributed by atoms with E-state index < -0.39 is 0 Å². The zero-order valence-corrected chi connectivity index (χ0v) is 11.5. The topological polar surface area (TPSA) is 29.5 Å². The van der Waals surface area contributed by atoms with Gasteiger partial charge in [-0.25, -0.2) is 4.79 Å². The first-order chi connectivity index (χ1) is 8.50. The highest BCUT2D eigenvalue weighted by atomic mass is 16.5. The van der Waals surface area contributed by atoms with Crippen molar-refractivity contribution in [3.05, 3.63) is 47.5 Å². The Morgan fingerprint density at radius 1 is 1.33 bits per heavy atom. The number of nitrogens with zero attached hydrogens (tertiary/aromatic N) is 1. The second kappa shape index (κ2) is 6.97. The quantitative estimate of drug-likeness (QED) is 0.591. The zero-order valence-electron chi connectivity index (χ0n) is 11.5. The summed E-state index contributed by atoms with van der Waals surface area (Å²) < 4.78 is 5.24. The number of hydrogen-bond donors (Lipinski definition) is 0. The van der Waals surface area contributed by atoms with E-state index >= 15 is 0 Å². The summed E-state index contributed by atoms with van der Waals surface area (Å²) in [5.41, 5.74) is 1.64. The molecule has 18 heavy (non-hydrogen) atoms. The van der Waals surface area contributed by atoms with E-state index in [0.717, 1.165) is 5.56 Å². The largest absolute Gasteiger partial charge is 0.457 e. The molecule has 0 N–H and O–H groups in total. The molecule has 0 amide bonds. The van der Waals surface area contributed by atoms with Gasteiger partial charge in [0.05, 0.1) is 0 Å². The van der Waals surface area contributed by atoms with Gasteiger partial charge >= 0.3 is 5.97 Å². The summed E-state index contributed by atoms with van der Waals surface area (Å²) in [6.45, 7) is 4.14. The molecule has 1 rings (SSSR count). The summed E-state index contributed by atoms with van der Waals surface area (Å²) in [5, 5.41) is 0. The molecule has 3 nitrogen and oxygen atoms in total. The lowest BCUT2D eigenvalue weighted by Crippen LogP contribution is -2.23. The van der Waals surface area contributed by atoms with Gasteiger partial charge < -0.3 is 9.64 Å². The molecule has 0 heterocycles. The van der Waals surface area contributed by atoms with Gasteiger partial charge in [-0.3, -0.25) is 0 Å². The molecule has 0 aliphatic carbocycles. The van der Waals surface area contributed by atoms with Crippen LogP contribution in [0.3, 0.4) is 0 Å². The van der Waals surface area contributed by atoms with Crippen LogP contribution >= 0.6 is 0 Å². The predicted molar refractivity (Wildman–Crippen MR) is 73.1 cm³/mol. The minimum absolute atomic E-state index is 0.217. The Bertz CT molecular complexity index is 410. The van der Waals surface area contributed by atoms with Gasteiger partial charge in [-0.1, -0.05) is 36.4 Å². The van der Waals surface area contributed by atoms with Crippen molar-refractivity contribution in [2.24, 2.45) is 0 Å². The molecule has 0 bridgehead atoms. The summed E-state index contributed by atoms with van der Waals surface area (Å²) in [7, 11) is 3.95. The number of esters is 1. The smallest absolute Gasteiger partial charge is 0.333 e. The maximum absolute atomic E-state index is 11.8. The Balaban J connectivity index is 2.51. The monoisotopic (exact) mass is 247 g/mol. The molecule has 98 valence electrons. The third kappa shape index (κ3) is 4.72. The van der Waals surface area contributed by atoms with Gasteiger partial charge in [-0.15, -0.1) is 0 Å². The van der Waals surface area contributed by atoms with E-state index in [2.05, 4.69) is 0 Å². The summed E-state index contributed by atoms with van der Waals surface area (Å²) >= 11 is 0. The van der Waals surface area contributed by atoms with E-state index in [9.17, 15) is 4.79 Å². The molecule has 0 aromatic heterocycles. The Morgan fingerprint density at radius 2 is 1.94 bits per heavy atom. The van der Waals surface area contributed by atoms with E-state index in [1.165, 1.54) is 0 Å². The van der Waals surface area contributed by atoms with Crippen LogP contribution in [0.5, 0.6) is 0 Å². The Kier molecular flexibility index (Phi) is 5.59. The van der Waals surface area contributed by atoms with Crippen LogP contribution in [0.15, 0.2) is 42.0 Å². The fourth-order valence-corrected chi connectivity index (χ4v) is 1.42. The molecular formula is C15H21NO2. The number of likely N-dealkylation sites (N-methyl/N-ethyl adjacent to an activating group) is 1. The lowest BCUT2D eigenvalue weighted by Gasteiger charge is -2.16. The normalized spacial score (nSPS) is 13.5. The highest BCUT2D eigenvalue weighted by molar-refractivity contribution is 5.87. The molecule has 0 saturated heterocycles. The number of carbonyl (C=O) groups excluding carboxylic acids is 1. The zero-order chi connectivity index (χ0) is 13.5. The van der Waals surface area contributed by atoms with Gasteiger partial charge in [0.1, 0.15) is 6.61 Å². The van der Waals surface area contributed by atoms with Gasteiger partial charge in [0.15, 0.2) is 0 Å². The highest BCUT2D eigenvalue weighted by Crippen LogP contribution is 2.06. The van der Waals surface area contributed by atoms with Gasteiger partial charge in [0.25, 0.3) is 0 Å². The van der Waals surface area contributed by atoms with Gasteiger partial charge in [0.2, 0.25) is 0 Å². The van der Waals surface area contributed by atoms with Crippen molar-refractivity contribution in [1.82, 2.24) is 4.90 Å². The Hall–Kier alpha value is -1.61. The summed E-state index contributed by atoms with van der Waals surface area (Å²) in [5.74, 6) is -0.257. The van der Waals surface area contributed by atoms with Crippen LogP contribution in [0.25, 0.3) is 0 Å². The van der Waals surface area contributed by atoms with E-state index in [1.54, 1.807) is 6.92 Å². The van der Waals surface area contributed by atoms with Gasteiger partial charge in [0, 0.05) is 11.6 Å². The first-order valence-electron chi connectivity index (χ1n) is 6.06. The van der Waals surface area contributed by atoms with Crippen molar-refractivity contribution in [3.8, 4) is 0 Å². The van der Waals surface area contributed by atoms with E-state index in [4.69, 9.17) is 4.74 Å². The molecule has 1 atom stereocenters. The molecule has 0 aliphatic rings. The minimum Gasteiger partial charge on any atom is -0.457 e. The average Bonchev–Trinajstić information content (AvgIpc) is 2.36. The van der Waals surface area contributed by atoms with E-state index in [0.29, 0.717) is 12.2 Å². The number of rotatable bonds is 5. The van der Waals surface area contributed by atoms with Gasteiger partial charge in [-0.2, -0.15) is 0 Å². The molecule has 1 unspecified atom stereocenters. The first kappa shape index (κ1) is 14.5. The van der Waals surface area contributed by atoms with Crippen molar-refractivity contribution >= 4 is 5.97 Å². The minimum atomic E-state index is -0.257. The first-order valence-corrected chi connectivity index (χ1v) is 6.06. The molecule has 0 fully saturated rings. The standard InChI is InChI=1S/C15H21NO2/c1-12(10-13(2)16(3)4)15(17)18-11-14-8-6-5-7-9-14/h5-10,13H,11H2,1-4H3/b12-10+. The van der Waals surface area contributed by atoms with Crippen molar-refractivity contribution in [2.75, 3.05) is 14.1 Å². The molecular weight excluding hydrogens is 226 g/mol. The van der Waals surface area contributed by atoms with E-state index in [-0.39, 0.29) is 12.0 Å². The third-order valence-electron chi connectivity index (χ3n) is 2.84. The van der Waals surface area contributed by atoms with Crippen LogP contribution in [-0.2, 0) is 16.1 Å². The van der Waals surface area contributed by atoms with Gasteiger partial charge in [-0.05, 0) is 33.5 Å². The highest BCUT2D eigenvalue weighted by Gasteiger charge is 2.09. The van der Waals surface area contributed by atoms with Crippen LogP contribution < -0.4 is 0 Å². The predicted octanol–water partition coefficient (Wildman–Crippen LogP) is 2.63. The van der Waals surface area contributed by atoms with Crippen LogP contribution in [-0.4, -0.2) is 31.0 Å². The lowest BCUT2D eigenvalue weighted by molar-refractivity contribution is -0.140. The second-order valence-electron chi connectivity index (χ2n) is 4.62. The summed E-state index contributed by atoms with van der Waals surface area (Å²) in [6, 6.07) is 9.90. The SMILES string of the molecule is C/C(=C\C(C)N(C)C)C(=O)OCc1ccccc1. The number of benzene rings is 1. The van der Waals surface area contributed by atoms with E-state index in [1.807, 2.05) is 62.3 Å². The molecule has 0 spiro atoms. The number of carbonyl (C=O) groups is 1. The molecule has 1 aromatic rings. The van der Waals surface area contributed by atoms with Crippen molar-refractivity contribution < 1.29 is 9.53 Å². The maximum Gasteiger partial charge on any atom is 0.333 e. The molecule has 0 radical (unpaired) electrons. The Morgan fingerprint density at radius 3 is 2.50 bits per heavy atom. The molecule has 0 aliphatic heterocycles. The summed E-state index contributed by atoms with van der Waals surface area (Å²) in [4.78, 5) is 13.8. The van der Waals surface area contributed by atoms with Crippen molar-refractivity contribution in [3.63, 3.8) is 0 Å². The molecule has 1 aromatic carbocycles. The average molecular weight is 247 g/mol.